The molecule has 0 bridgehead atoms. The summed E-state index contributed by atoms with van der Waals surface area (Å²) in [5, 5.41) is 3.07. The summed E-state index contributed by atoms with van der Waals surface area (Å²) in [7, 11) is -2.31. The molecule has 176 valence electrons. The predicted molar refractivity (Wildman–Crippen MR) is 128 cm³/mol. The number of hydrogen-bond acceptors (Lipinski definition) is 4. The second-order valence-corrected chi connectivity index (χ2v) is 10.0. The average molecular weight is 481 g/mol. The van der Waals surface area contributed by atoms with Gasteiger partial charge in [-0.3, -0.25) is 4.79 Å². The number of carbonyl (C=O) groups excluding carboxylic acids is 1. The highest BCUT2D eigenvalue weighted by atomic mass is 32.2. The van der Waals surface area contributed by atoms with E-state index in [4.69, 9.17) is 0 Å². The van der Waals surface area contributed by atoms with E-state index in [1.807, 2.05) is 48.5 Å². The lowest BCUT2D eigenvalue weighted by Crippen LogP contribution is -2.31. The Kier molecular flexibility index (Phi) is 7.04. The van der Waals surface area contributed by atoms with Crippen LogP contribution in [-0.4, -0.2) is 42.2 Å². The SMILES string of the molecule is CN(CCCC(=O)N[C@@H](c1ccccc1)c1ccc2nc[nH]c2c1)S(=O)(=O)c1ccc(F)cc1. The van der Waals surface area contributed by atoms with Crippen molar-refractivity contribution in [3.63, 3.8) is 0 Å². The van der Waals surface area contributed by atoms with Crippen molar-refractivity contribution in [2.24, 2.45) is 0 Å². The van der Waals surface area contributed by atoms with Gasteiger partial charge in [-0.25, -0.2) is 22.1 Å². The number of fused-ring (bicyclic) bond motifs is 1. The number of nitrogens with one attached hydrogen (secondary N) is 2. The number of benzene rings is 3. The zero-order valence-electron chi connectivity index (χ0n) is 18.6. The molecule has 0 radical (unpaired) electrons. The van der Waals surface area contributed by atoms with E-state index in [0.29, 0.717) is 6.42 Å². The number of aromatic amines is 1. The Hall–Kier alpha value is -3.56. The molecular formula is C25H25FN4O3S. The smallest absolute Gasteiger partial charge is 0.242 e. The molecule has 0 aliphatic rings. The molecule has 0 aliphatic heterocycles. The zero-order valence-corrected chi connectivity index (χ0v) is 19.4. The molecule has 7 nitrogen and oxygen atoms in total. The lowest BCUT2D eigenvalue weighted by Gasteiger charge is -2.21. The molecule has 0 aliphatic carbocycles. The second kappa shape index (κ2) is 10.1. The molecular weight excluding hydrogens is 455 g/mol. The van der Waals surface area contributed by atoms with Gasteiger partial charge in [0.2, 0.25) is 15.9 Å². The third-order valence-corrected chi connectivity index (χ3v) is 7.49. The molecule has 9 heteroatoms. The molecule has 0 fully saturated rings. The number of hydrogen-bond donors (Lipinski definition) is 2. The number of rotatable bonds is 9. The molecule has 2 N–H and O–H groups in total. The summed E-state index contributed by atoms with van der Waals surface area (Å²) in [4.78, 5) is 20.2. The summed E-state index contributed by atoms with van der Waals surface area (Å²) >= 11 is 0. The predicted octanol–water partition coefficient (Wildman–Crippen LogP) is 4.01. The Bertz CT molecular complexity index is 1370. The van der Waals surface area contributed by atoms with E-state index in [-0.39, 0.29) is 29.8 Å². The van der Waals surface area contributed by atoms with Crippen LogP contribution in [0.3, 0.4) is 0 Å². The summed E-state index contributed by atoms with van der Waals surface area (Å²) < 4.78 is 39.6. The van der Waals surface area contributed by atoms with Gasteiger partial charge in [-0.15, -0.1) is 0 Å². The highest BCUT2D eigenvalue weighted by molar-refractivity contribution is 7.89. The molecule has 0 saturated carbocycles. The van der Waals surface area contributed by atoms with Crippen LogP contribution >= 0.6 is 0 Å². The number of amides is 1. The van der Waals surface area contributed by atoms with E-state index in [1.54, 1.807) is 6.33 Å². The van der Waals surface area contributed by atoms with Crippen molar-refractivity contribution in [2.75, 3.05) is 13.6 Å². The minimum Gasteiger partial charge on any atom is -0.345 e. The minimum atomic E-state index is -3.75. The lowest BCUT2D eigenvalue weighted by atomic mass is 9.98. The van der Waals surface area contributed by atoms with Crippen LogP contribution in [0.25, 0.3) is 11.0 Å². The lowest BCUT2D eigenvalue weighted by molar-refractivity contribution is -0.121. The zero-order chi connectivity index (χ0) is 24.1. The fraction of sp³-hybridized carbons (Fsp3) is 0.200. The van der Waals surface area contributed by atoms with Crippen molar-refractivity contribution < 1.29 is 17.6 Å². The Balaban J connectivity index is 1.41. The fourth-order valence-corrected chi connectivity index (χ4v) is 4.95. The van der Waals surface area contributed by atoms with Crippen molar-refractivity contribution in [3.05, 3.63) is 96.1 Å². The van der Waals surface area contributed by atoms with Crippen LogP contribution in [-0.2, 0) is 14.8 Å². The third-order valence-electron chi connectivity index (χ3n) is 5.61. The van der Waals surface area contributed by atoms with Crippen LogP contribution in [0, 0.1) is 5.82 Å². The van der Waals surface area contributed by atoms with E-state index in [9.17, 15) is 17.6 Å². The van der Waals surface area contributed by atoms with Crippen molar-refractivity contribution >= 4 is 27.0 Å². The summed E-state index contributed by atoms with van der Waals surface area (Å²) in [6.07, 6.45) is 2.11. The maximum Gasteiger partial charge on any atom is 0.242 e. The van der Waals surface area contributed by atoms with Gasteiger partial charge in [0.05, 0.1) is 28.3 Å². The van der Waals surface area contributed by atoms with Gasteiger partial charge in [-0.05, 0) is 53.9 Å². The first-order valence-corrected chi connectivity index (χ1v) is 12.3. The van der Waals surface area contributed by atoms with Gasteiger partial charge in [0, 0.05) is 20.0 Å². The monoisotopic (exact) mass is 480 g/mol. The van der Waals surface area contributed by atoms with E-state index in [2.05, 4.69) is 15.3 Å². The van der Waals surface area contributed by atoms with Gasteiger partial charge in [-0.1, -0.05) is 36.4 Å². The van der Waals surface area contributed by atoms with E-state index in [1.165, 1.54) is 23.5 Å². The maximum atomic E-state index is 13.1. The van der Waals surface area contributed by atoms with Crippen molar-refractivity contribution in [1.82, 2.24) is 19.6 Å². The topological polar surface area (TPSA) is 95.2 Å². The number of aromatic nitrogens is 2. The van der Waals surface area contributed by atoms with Crippen LogP contribution in [0.15, 0.2) is 84.0 Å². The highest BCUT2D eigenvalue weighted by Crippen LogP contribution is 2.25. The molecule has 4 rings (SSSR count). The first kappa shape index (κ1) is 23.6. The van der Waals surface area contributed by atoms with Crippen LogP contribution < -0.4 is 5.32 Å². The quantitative estimate of drug-likeness (QED) is 0.378. The Morgan fingerprint density at radius 3 is 2.53 bits per heavy atom. The number of imidazole rings is 1. The number of sulfonamides is 1. The van der Waals surface area contributed by atoms with Crippen molar-refractivity contribution in [2.45, 2.75) is 23.8 Å². The molecule has 3 aromatic carbocycles. The molecule has 4 aromatic rings. The fourth-order valence-electron chi connectivity index (χ4n) is 3.74. The average Bonchev–Trinajstić information content (AvgIpc) is 3.31. The minimum absolute atomic E-state index is 0.0131. The van der Waals surface area contributed by atoms with Gasteiger partial charge >= 0.3 is 0 Å². The van der Waals surface area contributed by atoms with Gasteiger partial charge in [0.15, 0.2) is 0 Å². The van der Waals surface area contributed by atoms with Crippen molar-refractivity contribution in [1.29, 1.82) is 0 Å². The van der Waals surface area contributed by atoms with E-state index in [0.717, 1.165) is 34.3 Å². The number of carbonyl (C=O) groups is 1. The number of halogens is 1. The van der Waals surface area contributed by atoms with E-state index >= 15 is 0 Å². The Morgan fingerprint density at radius 1 is 1.06 bits per heavy atom. The normalized spacial score (nSPS) is 12.7. The highest BCUT2D eigenvalue weighted by Gasteiger charge is 2.22. The van der Waals surface area contributed by atoms with E-state index < -0.39 is 15.8 Å². The summed E-state index contributed by atoms with van der Waals surface area (Å²) in [6.45, 7) is 0.156. The second-order valence-electron chi connectivity index (χ2n) is 7.97. The molecule has 0 unspecified atom stereocenters. The largest absolute Gasteiger partial charge is 0.345 e. The molecule has 1 heterocycles. The van der Waals surface area contributed by atoms with Crippen LogP contribution in [0.4, 0.5) is 4.39 Å². The molecule has 0 saturated heterocycles. The Morgan fingerprint density at radius 2 is 1.79 bits per heavy atom. The van der Waals surface area contributed by atoms with Crippen LogP contribution in [0.5, 0.6) is 0 Å². The number of nitrogens with zero attached hydrogens (tertiary/aromatic N) is 2. The Labute approximate surface area is 197 Å². The molecule has 1 atom stereocenters. The summed E-state index contributed by atoms with van der Waals surface area (Å²) in [5.74, 6) is -0.691. The van der Waals surface area contributed by atoms with Crippen LogP contribution in [0.2, 0.25) is 0 Å². The molecule has 34 heavy (non-hydrogen) atoms. The molecule has 1 aromatic heterocycles. The third kappa shape index (κ3) is 5.32. The standard InChI is InChI=1S/C25H25FN4O3S/c1-30(34(32,33)21-12-10-20(26)11-13-21)15-5-8-24(31)29-25(18-6-3-2-4-7-18)19-9-14-22-23(16-19)28-17-27-22/h2-4,6-7,9-14,16-17,25H,5,8,15H2,1H3,(H,27,28)(H,29,31)/t25-/m0/s1. The first-order valence-electron chi connectivity index (χ1n) is 10.8. The summed E-state index contributed by atoms with van der Waals surface area (Å²) in [5.41, 5.74) is 3.56. The molecule has 1 amide bonds. The maximum absolute atomic E-state index is 13.1. The summed E-state index contributed by atoms with van der Waals surface area (Å²) in [6, 6.07) is 19.8. The van der Waals surface area contributed by atoms with Crippen LogP contribution in [0.1, 0.15) is 30.0 Å². The number of H-pyrrole nitrogens is 1. The molecule has 0 spiro atoms. The van der Waals surface area contributed by atoms with Gasteiger partial charge in [0.1, 0.15) is 5.82 Å². The van der Waals surface area contributed by atoms with Gasteiger partial charge < -0.3 is 10.3 Å². The first-order chi connectivity index (χ1) is 16.3. The van der Waals surface area contributed by atoms with Crippen molar-refractivity contribution in [3.8, 4) is 0 Å². The van der Waals surface area contributed by atoms with Gasteiger partial charge in [0.25, 0.3) is 0 Å². The van der Waals surface area contributed by atoms with Gasteiger partial charge in [-0.2, -0.15) is 0 Å².